The lowest BCUT2D eigenvalue weighted by Gasteiger charge is -2.26. The monoisotopic (exact) mass is 371 g/mol. The van der Waals surface area contributed by atoms with E-state index in [4.69, 9.17) is 14.6 Å². The average molecular weight is 371 g/mol. The molecule has 6 nitrogen and oxygen atoms in total. The Kier molecular flexibility index (Phi) is 5.48. The van der Waals surface area contributed by atoms with Crippen LogP contribution in [0, 0.1) is 0 Å². The third kappa shape index (κ3) is 4.00. The number of benzene rings is 2. The number of carboxylic acids is 1. The van der Waals surface area contributed by atoms with Crippen LogP contribution in [0.15, 0.2) is 60.3 Å². The molecule has 1 aliphatic rings. The molecule has 0 amide bonds. The van der Waals surface area contributed by atoms with Gasteiger partial charge in [-0.3, -0.25) is 9.59 Å². The van der Waals surface area contributed by atoms with Crippen molar-refractivity contribution in [1.82, 2.24) is 0 Å². The van der Waals surface area contributed by atoms with E-state index < -0.39 is 11.4 Å². The standard InChI is InChI=1S/C19H17NO5S/c1-24-13-8-6-12(7-9-13)20-10-15-18(23)14-4-2-3-5-16(14)25-19(15)26-11-17(21)22/h2-10,19-20H,11H2,1H3,(H,21,22)/b15-10-/t19-/m0/s1. The summed E-state index contributed by atoms with van der Waals surface area (Å²) < 4.78 is 11.0. The van der Waals surface area contributed by atoms with Gasteiger partial charge in [-0.25, -0.2) is 0 Å². The predicted molar refractivity (Wildman–Crippen MR) is 100.0 cm³/mol. The number of ether oxygens (including phenoxy) is 2. The van der Waals surface area contributed by atoms with Crippen LogP contribution in [0.3, 0.4) is 0 Å². The maximum Gasteiger partial charge on any atom is 0.313 e. The fraction of sp³-hybridized carbons (Fsp3) is 0.158. The molecule has 2 N–H and O–H groups in total. The Labute approximate surface area is 154 Å². The van der Waals surface area contributed by atoms with Gasteiger partial charge < -0.3 is 19.9 Å². The van der Waals surface area contributed by atoms with Gasteiger partial charge in [0.2, 0.25) is 0 Å². The molecule has 0 aromatic heterocycles. The Morgan fingerprint density at radius 3 is 2.69 bits per heavy atom. The van der Waals surface area contributed by atoms with Gasteiger partial charge in [-0.05, 0) is 36.4 Å². The van der Waals surface area contributed by atoms with Gasteiger partial charge in [0.15, 0.2) is 11.2 Å². The molecule has 0 radical (unpaired) electrons. The van der Waals surface area contributed by atoms with Gasteiger partial charge in [0.05, 0.1) is 24.0 Å². The van der Waals surface area contributed by atoms with E-state index >= 15 is 0 Å². The van der Waals surface area contributed by atoms with Crippen molar-refractivity contribution in [3.05, 3.63) is 65.9 Å². The third-order valence-corrected chi connectivity index (χ3v) is 4.79. The van der Waals surface area contributed by atoms with Gasteiger partial charge in [-0.15, -0.1) is 11.8 Å². The van der Waals surface area contributed by atoms with Crippen molar-refractivity contribution in [3.63, 3.8) is 0 Å². The van der Waals surface area contributed by atoms with Crippen LogP contribution in [0.1, 0.15) is 10.4 Å². The van der Waals surface area contributed by atoms with E-state index in [1.54, 1.807) is 49.7 Å². The van der Waals surface area contributed by atoms with Crippen LogP contribution in [-0.2, 0) is 4.79 Å². The molecule has 1 heterocycles. The minimum atomic E-state index is -0.965. The number of thioether (sulfide) groups is 1. The number of para-hydroxylation sites is 1. The number of hydrogen-bond acceptors (Lipinski definition) is 6. The van der Waals surface area contributed by atoms with E-state index in [-0.39, 0.29) is 11.5 Å². The van der Waals surface area contributed by atoms with E-state index in [0.717, 1.165) is 23.2 Å². The number of hydrogen-bond donors (Lipinski definition) is 2. The van der Waals surface area contributed by atoms with Crippen molar-refractivity contribution in [2.24, 2.45) is 0 Å². The summed E-state index contributed by atoms with van der Waals surface area (Å²) in [6, 6.07) is 14.2. The normalized spacial score (nSPS) is 17.3. The summed E-state index contributed by atoms with van der Waals surface area (Å²) in [6.07, 6.45) is 1.57. The molecule has 26 heavy (non-hydrogen) atoms. The zero-order valence-corrected chi connectivity index (χ0v) is 14.8. The summed E-state index contributed by atoms with van der Waals surface area (Å²) in [5.74, 6) is -0.130. The van der Waals surface area contributed by atoms with Crippen LogP contribution in [-0.4, -0.2) is 35.2 Å². The Balaban J connectivity index is 1.86. The highest BCUT2D eigenvalue weighted by Gasteiger charge is 2.32. The number of carbonyl (C=O) groups is 2. The van der Waals surface area contributed by atoms with Gasteiger partial charge >= 0.3 is 5.97 Å². The molecule has 0 aliphatic carbocycles. The second-order valence-electron chi connectivity index (χ2n) is 5.45. The lowest BCUT2D eigenvalue weighted by molar-refractivity contribution is -0.133. The number of carboxylic acid groups (broad SMARTS) is 1. The molecule has 0 bridgehead atoms. The van der Waals surface area contributed by atoms with Gasteiger partial charge in [0.25, 0.3) is 0 Å². The number of Topliss-reactive ketones (excluding diaryl/α,β-unsaturated/α-hetero) is 1. The van der Waals surface area contributed by atoms with Crippen molar-refractivity contribution in [1.29, 1.82) is 0 Å². The number of aliphatic carboxylic acids is 1. The molecule has 2 aromatic rings. The molecule has 0 spiro atoms. The zero-order chi connectivity index (χ0) is 18.5. The molecular weight excluding hydrogens is 354 g/mol. The topological polar surface area (TPSA) is 84.9 Å². The number of carbonyl (C=O) groups excluding carboxylic acids is 1. The van der Waals surface area contributed by atoms with Gasteiger partial charge in [-0.1, -0.05) is 12.1 Å². The first-order valence-electron chi connectivity index (χ1n) is 7.83. The summed E-state index contributed by atoms with van der Waals surface area (Å²) in [5, 5.41) is 12.0. The van der Waals surface area contributed by atoms with Crippen LogP contribution < -0.4 is 14.8 Å². The van der Waals surface area contributed by atoms with E-state index in [9.17, 15) is 9.59 Å². The van der Waals surface area contributed by atoms with Crippen LogP contribution in [0.5, 0.6) is 11.5 Å². The maximum atomic E-state index is 12.8. The van der Waals surface area contributed by atoms with Crippen molar-refractivity contribution < 1.29 is 24.2 Å². The summed E-state index contributed by atoms with van der Waals surface area (Å²) in [4.78, 5) is 23.7. The lowest BCUT2D eigenvalue weighted by atomic mass is 10.0. The van der Waals surface area contributed by atoms with Crippen molar-refractivity contribution >= 4 is 29.2 Å². The lowest BCUT2D eigenvalue weighted by Crippen LogP contribution is -2.29. The molecule has 0 saturated carbocycles. The molecule has 134 valence electrons. The van der Waals surface area contributed by atoms with Crippen LogP contribution in [0.4, 0.5) is 5.69 Å². The molecule has 0 unspecified atom stereocenters. The maximum absolute atomic E-state index is 12.8. The Morgan fingerprint density at radius 1 is 1.27 bits per heavy atom. The number of ketones is 1. The molecule has 3 rings (SSSR count). The van der Waals surface area contributed by atoms with Crippen LogP contribution in [0.2, 0.25) is 0 Å². The largest absolute Gasteiger partial charge is 0.497 e. The van der Waals surface area contributed by atoms with E-state index in [2.05, 4.69) is 5.32 Å². The molecule has 2 aromatic carbocycles. The summed E-state index contributed by atoms with van der Waals surface area (Å²) in [5.41, 5.74) is 0.902. The zero-order valence-electron chi connectivity index (χ0n) is 14.0. The first kappa shape index (κ1) is 17.9. The van der Waals surface area contributed by atoms with Crippen LogP contribution in [0.25, 0.3) is 0 Å². The van der Waals surface area contributed by atoms with Gasteiger partial charge in [0.1, 0.15) is 11.5 Å². The number of fused-ring (bicyclic) bond motifs is 1. The van der Waals surface area contributed by atoms with Gasteiger partial charge in [-0.2, -0.15) is 0 Å². The molecule has 0 saturated heterocycles. The third-order valence-electron chi connectivity index (χ3n) is 3.72. The quantitative estimate of drug-likeness (QED) is 0.753. The van der Waals surface area contributed by atoms with E-state index in [1.165, 1.54) is 0 Å². The number of nitrogens with one attached hydrogen (secondary N) is 1. The molecule has 1 atom stereocenters. The minimum Gasteiger partial charge on any atom is -0.497 e. The second-order valence-corrected chi connectivity index (χ2v) is 6.50. The minimum absolute atomic E-state index is 0.167. The molecular formula is C19H17NO5S. The fourth-order valence-corrected chi connectivity index (χ4v) is 3.27. The second kappa shape index (κ2) is 7.97. The SMILES string of the molecule is COc1ccc(N/C=C2/C(=O)c3ccccc3O[C@H]2SCC(=O)O)cc1. The summed E-state index contributed by atoms with van der Waals surface area (Å²) in [6.45, 7) is 0. The molecule has 0 fully saturated rings. The van der Waals surface area contributed by atoms with E-state index in [0.29, 0.717) is 16.9 Å². The van der Waals surface area contributed by atoms with Crippen molar-refractivity contribution in [2.75, 3.05) is 18.2 Å². The Bertz CT molecular complexity index is 847. The first-order chi connectivity index (χ1) is 12.6. The Hall–Kier alpha value is -2.93. The van der Waals surface area contributed by atoms with E-state index in [1.807, 2.05) is 12.1 Å². The number of rotatable bonds is 6. The molecule has 1 aliphatic heterocycles. The highest BCUT2D eigenvalue weighted by atomic mass is 32.2. The van der Waals surface area contributed by atoms with Crippen LogP contribution >= 0.6 is 11.8 Å². The fourth-order valence-electron chi connectivity index (χ4n) is 2.45. The smallest absolute Gasteiger partial charge is 0.313 e. The van der Waals surface area contributed by atoms with Crippen molar-refractivity contribution in [2.45, 2.75) is 5.44 Å². The van der Waals surface area contributed by atoms with Gasteiger partial charge in [0, 0.05) is 11.9 Å². The summed E-state index contributed by atoms with van der Waals surface area (Å²) in [7, 11) is 1.59. The molecule has 7 heteroatoms. The Morgan fingerprint density at radius 2 is 2.00 bits per heavy atom. The number of methoxy groups -OCH3 is 1. The average Bonchev–Trinajstić information content (AvgIpc) is 2.66. The first-order valence-corrected chi connectivity index (χ1v) is 8.88. The van der Waals surface area contributed by atoms with Crippen molar-refractivity contribution in [3.8, 4) is 11.5 Å². The number of anilines is 1. The highest BCUT2D eigenvalue weighted by Crippen LogP contribution is 2.35. The highest BCUT2D eigenvalue weighted by molar-refractivity contribution is 8.00. The summed E-state index contributed by atoms with van der Waals surface area (Å²) >= 11 is 1.05. The predicted octanol–water partition coefficient (Wildman–Crippen LogP) is 3.41.